The molecule has 0 aromatic heterocycles. The highest BCUT2D eigenvalue weighted by atomic mass is 16.8. The van der Waals surface area contributed by atoms with E-state index < -0.39 is 47.2 Å². The molecule has 0 saturated carbocycles. The summed E-state index contributed by atoms with van der Waals surface area (Å²) in [6, 6.07) is 12.0. The minimum atomic E-state index is -1.33. The van der Waals surface area contributed by atoms with Crippen LogP contribution in [0.15, 0.2) is 42.5 Å². The Labute approximate surface area is 236 Å². The molecular weight excluding hydrogens is 534 g/mol. The van der Waals surface area contributed by atoms with Gasteiger partial charge in [-0.05, 0) is 55.5 Å². The lowest BCUT2D eigenvalue weighted by molar-refractivity contribution is -0.177. The molecule has 1 aliphatic heterocycles. The molecule has 0 radical (unpaired) electrons. The third-order valence-corrected chi connectivity index (χ3v) is 7.16. The first-order valence-corrected chi connectivity index (χ1v) is 13.1. The van der Waals surface area contributed by atoms with E-state index in [4.69, 9.17) is 20.0 Å². The SMILES string of the molecule is CC(C)(Cc1cccc2c1-c1ccccc1C2COC(=O)ON1C(=O)CCC1=O)OC(=O)NC(C)(C)C(N)C(=O)O. The number of fused-ring (bicyclic) bond motifs is 3. The van der Waals surface area contributed by atoms with Crippen LogP contribution in [-0.4, -0.2) is 64.0 Å². The largest absolute Gasteiger partial charge is 0.533 e. The molecule has 1 heterocycles. The number of carbonyl (C=O) groups excluding carboxylic acids is 4. The van der Waals surface area contributed by atoms with Gasteiger partial charge in [0.2, 0.25) is 0 Å². The Morgan fingerprint density at radius 2 is 1.66 bits per heavy atom. The molecule has 41 heavy (non-hydrogen) atoms. The first-order chi connectivity index (χ1) is 19.2. The van der Waals surface area contributed by atoms with Crippen molar-refractivity contribution in [1.29, 1.82) is 0 Å². The Kier molecular flexibility index (Phi) is 8.07. The van der Waals surface area contributed by atoms with E-state index >= 15 is 0 Å². The van der Waals surface area contributed by atoms with Crippen LogP contribution >= 0.6 is 0 Å². The zero-order valence-electron chi connectivity index (χ0n) is 23.3. The minimum absolute atomic E-state index is 0.0202. The molecule has 2 aromatic carbocycles. The van der Waals surface area contributed by atoms with Crippen LogP contribution in [-0.2, 0) is 35.1 Å². The van der Waals surface area contributed by atoms with Crippen molar-refractivity contribution < 1.29 is 43.4 Å². The summed E-state index contributed by atoms with van der Waals surface area (Å²) in [4.78, 5) is 64.7. The zero-order chi connectivity index (χ0) is 30.1. The molecule has 3 amide bonds. The van der Waals surface area contributed by atoms with Crippen LogP contribution < -0.4 is 11.1 Å². The van der Waals surface area contributed by atoms with E-state index in [-0.39, 0.29) is 25.4 Å². The highest BCUT2D eigenvalue weighted by Gasteiger charge is 2.38. The van der Waals surface area contributed by atoms with Crippen LogP contribution in [0.2, 0.25) is 0 Å². The third-order valence-electron chi connectivity index (χ3n) is 7.16. The second kappa shape index (κ2) is 11.2. The van der Waals surface area contributed by atoms with Gasteiger partial charge in [0.05, 0.1) is 5.54 Å². The predicted octanol–water partition coefficient (Wildman–Crippen LogP) is 3.25. The minimum Gasteiger partial charge on any atom is -0.480 e. The summed E-state index contributed by atoms with van der Waals surface area (Å²) < 4.78 is 11.0. The van der Waals surface area contributed by atoms with E-state index in [2.05, 4.69) is 5.32 Å². The van der Waals surface area contributed by atoms with Crippen molar-refractivity contribution >= 4 is 30.0 Å². The second-order valence-corrected chi connectivity index (χ2v) is 11.2. The maximum absolute atomic E-state index is 12.7. The maximum atomic E-state index is 12.7. The van der Waals surface area contributed by atoms with E-state index in [1.54, 1.807) is 13.8 Å². The summed E-state index contributed by atoms with van der Waals surface area (Å²) >= 11 is 0. The van der Waals surface area contributed by atoms with E-state index in [0.29, 0.717) is 11.5 Å². The Hall–Kier alpha value is -4.45. The lowest BCUT2D eigenvalue weighted by atomic mass is 9.90. The van der Waals surface area contributed by atoms with E-state index in [1.165, 1.54) is 13.8 Å². The fourth-order valence-corrected chi connectivity index (χ4v) is 5.09. The van der Waals surface area contributed by atoms with E-state index in [0.717, 1.165) is 27.8 Å². The van der Waals surface area contributed by atoms with Crippen LogP contribution in [0.4, 0.5) is 9.59 Å². The van der Waals surface area contributed by atoms with Crippen molar-refractivity contribution in [2.24, 2.45) is 5.73 Å². The fourth-order valence-electron chi connectivity index (χ4n) is 5.09. The van der Waals surface area contributed by atoms with Crippen molar-refractivity contribution in [1.82, 2.24) is 10.4 Å². The molecule has 0 bridgehead atoms. The number of nitrogens with zero attached hydrogens (tertiary/aromatic N) is 1. The van der Waals surface area contributed by atoms with Crippen LogP contribution in [0.1, 0.15) is 63.1 Å². The third kappa shape index (κ3) is 6.32. The molecule has 218 valence electrons. The average Bonchev–Trinajstić information content (AvgIpc) is 3.38. The van der Waals surface area contributed by atoms with E-state index in [9.17, 15) is 29.1 Å². The van der Waals surface area contributed by atoms with Gasteiger partial charge in [0.15, 0.2) is 0 Å². The van der Waals surface area contributed by atoms with Crippen LogP contribution in [0.5, 0.6) is 0 Å². The molecular formula is C29H33N3O9. The number of aliphatic carboxylic acids is 1. The summed E-state index contributed by atoms with van der Waals surface area (Å²) in [7, 11) is 0. The topological polar surface area (TPSA) is 175 Å². The lowest BCUT2D eigenvalue weighted by Crippen LogP contribution is -2.60. The highest BCUT2D eigenvalue weighted by Crippen LogP contribution is 2.47. The number of rotatable bonds is 9. The number of carboxylic acid groups (broad SMARTS) is 1. The maximum Gasteiger partial charge on any atom is 0.533 e. The summed E-state index contributed by atoms with van der Waals surface area (Å²) in [5, 5.41) is 12.2. The number of hydroxylamine groups is 2. The molecule has 4 rings (SSSR count). The molecule has 2 unspecified atom stereocenters. The number of imide groups is 1. The number of amides is 3. The van der Waals surface area contributed by atoms with Gasteiger partial charge in [-0.15, -0.1) is 0 Å². The molecule has 12 nitrogen and oxygen atoms in total. The number of carboxylic acids is 1. The van der Waals surface area contributed by atoms with Gasteiger partial charge < -0.3 is 25.6 Å². The Morgan fingerprint density at radius 1 is 1.02 bits per heavy atom. The molecule has 1 aliphatic carbocycles. The van der Waals surface area contributed by atoms with Gasteiger partial charge in [-0.1, -0.05) is 47.5 Å². The highest BCUT2D eigenvalue weighted by molar-refractivity contribution is 6.01. The fraction of sp³-hybridized carbons (Fsp3) is 0.414. The number of benzene rings is 2. The number of hydrogen-bond donors (Lipinski definition) is 3. The summed E-state index contributed by atoms with van der Waals surface area (Å²) in [6.07, 6.45) is -1.68. The van der Waals surface area contributed by atoms with Gasteiger partial charge in [0.25, 0.3) is 11.8 Å². The molecule has 0 spiro atoms. The molecule has 12 heteroatoms. The summed E-state index contributed by atoms with van der Waals surface area (Å²) in [6.45, 7) is 6.40. The second-order valence-electron chi connectivity index (χ2n) is 11.2. The van der Waals surface area contributed by atoms with Crippen molar-refractivity contribution in [3.8, 4) is 11.1 Å². The number of nitrogens with one attached hydrogen (secondary N) is 1. The quantitative estimate of drug-likeness (QED) is 0.301. The van der Waals surface area contributed by atoms with Crippen molar-refractivity contribution in [3.63, 3.8) is 0 Å². The van der Waals surface area contributed by atoms with Crippen LogP contribution in [0, 0.1) is 0 Å². The van der Waals surface area contributed by atoms with Gasteiger partial charge in [-0.2, -0.15) is 0 Å². The van der Waals surface area contributed by atoms with E-state index in [1.807, 2.05) is 42.5 Å². The number of carbonyl (C=O) groups is 5. The van der Waals surface area contributed by atoms with Gasteiger partial charge >= 0.3 is 18.2 Å². The van der Waals surface area contributed by atoms with Crippen LogP contribution in [0.3, 0.4) is 0 Å². The zero-order valence-corrected chi connectivity index (χ0v) is 23.3. The smallest absolute Gasteiger partial charge is 0.480 e. The Balaban J connectivity index is 1.50. The van der Waals surface area contributed by atoms with Gasteiger partial charge in [-0.3, -0.25) is 19.2 Å². The number of alkyl carbamates (subject to hydrolysis) is 1. The van der Waals surface area contributed by atoms with Gasteiger partial charge in [-0.25, -0.2) is 9.59 Å². The monoisotopic (exact) mass is 567 g/mol. The van der Waals surface area contributed by atoms with Crippen molar-refractivity contribution in [2.45, 2.75) is 70.1 Å². The summed E-state index contributed by atoms with van der Waals surface area (Å²) in [5.41, 5.74) is 7.98. The number of hydrogen-bond acceptors (Lipinski definition) is 9. The predicted molar refractivity (Wildman–Crippen MR) is 144 cm³/mol. The Bertz CT molecular complexity index is 1390. The number of nitrogens with two attached hydrogens (primary N) is 1. The average molecular weight is 568 g/mol. The molecule has 2 atom stereocenters. The summed E-state index contributed by atoms with van der Waals surface area (Å²) in [5.74, 6) is -2.79. The molecule has 4 N–H and O–H groups in total. The molecule has 1 fully saturated rings. The Morgan fingerprint density at radius 3 is 2.32 bits per heavy atom. The first-order valence-electron chi connectivity index (χ1n) is 13.1. The van der Waals surface area contributed by atoms with Gasteiger partial charge in [0.1, 0.15) is 18.2 Å². The first kappa shape index (κ1) is 29.5. The molecule has 1 saturated heterocycles. The lowest BCUT2D eigenvalue weighted by Gasteiger charge is -2.32. The normalized spacial score (nSPS) is 17.0. The van der Waals surface area contributed by atoms with Crippen molar-refractivity contribution in [3.05, 3.63) is 59.2 Å². The molecule has 2 aromatic rings. The molecule has 2 aliphatic rings. The van der Waals surface area contributed by atoms with Crippen molar-refractivity contribution in [2.75, 3.05) is 6.61 Å². The standard InChI is InChI=1S/C29H33N3O9/c1-28(2,40-26(37)31-29(3,4)24(30)25(35)36)14-16-8-7-11-19-20(17-9-5-6-10-18(17)23(16)19)15-39-27(38)41-32-21(33)12-13-22(32)34/h5-11,20,24H,12-15,30H2,1-4H3,(H,31,37)(H,35,36). The van der Waals surface area contributed by atoms with Gasteiger partial charge in [0, 0.05) is 25.2 Å². The van der Waals surface area contributed by atoms with Crippen LogP contribution in [0.25, 0.3) is 11.1 Å². The number of ether oxygens (including phenoxy) is 2.